The smallest absolute Gasteiger partial charge is 0.00387 e. The van der Waals surface area contributed by atoms with E-state index >= 15 is 0 Å². The van der Waals surface area contributed by atoms with E-state index in [0.717, 1.165) is 12.0 Å². The summed E-state index contributed by atoms with van der Waals surface area (Å²) in [6.45, 7) is 9.63. The molecule has 1 aliphatic heterocycles. The molecule has 0 N–H and O–H groups in total. The molecule has 0 radical (unpaired) electrons. The lowest BCUT2D eigenvalue weighted by Gasteiger charge is -2.27. The Hall–Kier alpha value is -0.0400. The number of nitrogens with zero attached hydrogens (tertiary/aromatic N) is 1. The number of hydrogen-bond acceptors (Lipinski definition) is 1. The van der Waals surface area contributed by atoms with Crippen molar-refractivity contribution >= 4 is 0 Å². The van der Waals surface area contributed by atoms with Crippen molar-refractivity contribution in [1.82, 2.24) is 4.90 Å². The molecule has 1 rings (SSSR count). The quantitative estimate of drug-likeness (QED) is 0.614. The molecule has 0 spiro atoms. The molecule has 0 saturated carbocycles. The third-order valence-electron chi connectivity index (χ3n) is 3.11. The highest BCUT2D eigenvalue weighted by molar-refractivity contribution is 4.72. The van der Waals surface area contributed by atoms with Crippen molar-refractivity contribution in [2.45, 2.75) is 52.5 Å². The van der Waals surface area contributed by atoms with Gasteiger partial charge in [0.15, 0.2) is 0 Å². The fourth-order valence-corrected chi connectivity index (χ4v) is 2.06. The van der Waals surface area contributed by atoms with Crippen molar-refractivity contribution in [1.29, 1.82) is 0 Å². The predicted octanol–water partition coefficient (Wildman–Crippen LogP) is 2.91. The van der Waals surface area contributed by atoms with Crippen LogP contribution in [0, 0.1) is 5.92 Å². The highest BCUT2D eigenvalue weighted by Crippen LogP contribution is 2.20. The Labute approximate surface area is 77.1 Å². The lowest BCUT2D eigenvalue weighted by Crippen LogP contribution is -2.34. The molecular weight excluding hydrogens is 146 g/mol. The lowest BCUT2D eigenvalue weighted by molar-refractivity contribution is 0.200. The summed E-state index contributed by atoms with van der Waals surface area (Å²) in [5, 5.41) is 0. The standard InChI is InChI=1S/C11H23N/c1-4-11-7-5-6-8-12(9-11)10(2)3/h10-11H,4-9H2,1-3H3/t11-/m1/s1. The minimum absolute atomic E-state index is 0.747. The van der Waals surface area contributed by atoms with Gasteiger partial charge in [0.2, 0.25) is 0 Å². The molecule has 12 heavy (non-hydrogen) atoms. The van der Waals surface area contributed by atoms with Crippen LogP contribution in [-0.4, -0.2) is 24.0 Å². The van der Waals surface area contributed by atoms with Gasteiger partial charge in [0.05, 0.1) is 0 Å². The summed E-state index contributed by atoms with van der Waals surface area (Å²) in [7, 11) is 0. The van der Waals surface area contributed by atoms with Gasteiger partial charge in [-0.25, -0.2) is 0 Å². The van der Waals surface area contributed by atoms with Gasteiger partial charge < -0.3 is 4.90 Å². The molecule has 0 unspecified atom stereocenters. The summed E-state index contributed by atoms with van der Waals surface area (Å²) in [5.74, 6) is 0.967. The van der Waals surface area contributed by atoms with E-state index in [-0.39, 0.29) is 0 Å². The molecule has 1 aliphatic rings. The van der Waals surface area contributed by atoms with Crippen LogP contribution in [0.5, 0.6) is 0 Å². The number of rotatable bonds is 2. The number of likely N-dealkylation sites (tertiary alicyclic amines) is 1. The molecule has 0 aromatic heterocycles. The molecule has 1 nitrogen and oxygen atoms in total. The van der Waals surface area contributed by atoms with Crippen LogP contribution in [0.25, 0.3) is 0 Å². The van der Waals surface area contributed by atoms with Crippen molar-refractivity contribution in [3.8, 4) is 0 Å². The molecule has 0 aliphatic carbocycles. The van der Waals surface area contributed by atoms with Gasteiger partial charge in [-0.3, -0.25) is 0 Å². The van der Waals surface area contributed by atoms with Crippen LogP contribution >= 0.6 is 0 Å². The molecule has 1 heterocycles. The summed E-state index contributed by atoms with van der Waals surface area (Å²) >= 11 is 0. The van der Waals surface area contributed by atoms with Gasteiger partial charge >= 0.3 is 0 Å². The average molecular weight is 169 g/mol. The normalized spacial score (nSPS) is 27.5. The molecule has 0 bridgehead atoms. The van der Waals surface area contributed by atoms with Crippen LogP contribution in [0.1, 0.15) is 46.5 Å². The second-order valence-corrected chi connectivity index (χ2v) is 4.36. The molecule has 0 aromatic carbocycles. The monoisotopic (exact) mass is 169 g/mol. The Morgan fingerprint density at radius 1 is 1.33 bits per heavy atom. The Morgan fingerprint density at radius 2 is 2.08 bits per heavy atom. The first-order chi connectivity index (χ1) is 5.74. The Kier molecular flexibility index (Phi) is 4.07. The fourth-order valence-electron chi connectivity index (χ4n) is 2.06. The Balaban J connectivity index is 2.42. The zero-order chi connectivity index (χ0) is 8.97. The summed E-state index contributed by atoms with van der Waals surface area (Å²) in [5.41, 5.74) is 0. The van der Waals surface area contributed by atoms with Crippen molar-refractivity contribution < 1.29 is 0 Å². The number of hydrogen-bond donors (Lipinski definition) is 0. The van der Waals surface area contributed by atoms with E-state index in [4.69, 9.17) is 0 Å². The SMILES string of the molecule is CC[C@@H]1CCCCN(C(C)C)C1. The van der Waals surface area contributed by atoms with Crippen LogP contribution in [-0.2, 0) is 0 Å². The molecule has 0 amide bonds. The second kappa shape index (κ2) is 4.86. The lowest BCUT2D eigenvalue weighted by atomic mass is 10.0. The van der Waals surface area contributed by atoms with E-state index in [1.54, 1.807) is 0 Å². The van der Waals surface area contributed by atoms with Gasteiger partial charge in [-0.05, 0) is 39.2 Å². The summed E-state index contributed by atoms with van der Waals surface area (Å²) in [6.07, 6.45) is 5.68. The Morgan fingerprint density at radius 3 is 2.67 bits per heavy atom. The topological polar surface area (TPSA) is 3.24 Å². The first kappa shape index (κ1) is 10.0. The summed E-state index contributed by atoms with van der Waals surface area (Å²) in [6, 6.07) is 0.747. The Bertz CT molecular complexity index is 120. The fraction of sp³-hybridized carbons (Fsp3) is 1.00. The van der Waals surface area contributed by atoms with Gasteiger partial charge in [0.25, 0.3) is 0 Å². The average Bonchev–Trinajstić information content (AvgIpc) is 2.28. The van der Waals surface area contributed by atoms with E-state index in [2.05, 4.69) is 25.7 Å². The maximum atomic E-state index is 2.64. The maximum Gasteiger partial charge on any atom is 0.00387 e. The van der Waals surface area contributed by atoms with E-state index < -0.39 is 0 Å². The molecule has 72 valence electrons. The van der Waals surface area contributed by atoms with Crippen LogP contribution in [0.3, 0.4) is 0 Å². The molecule has 1 saturated heterocycles. The highest BCUT2D eigenvalue weighted by Gasteiger charge is 2.17. The van der Waals surface area contributed by atoms with E-state index in [9.17, 15) is 0 Å². The van der Waals surface area contributed by atoms with Gasteiger partial charge in [0.1, 0.15) is 0 Å². The molecule has 1 heteroatoms. The zero-order valence-corrected chi connectivity index (χ0v) is 8.84. The third kappa shape index (κ3) is 2.78. The van der Waals surface area contributed by atoms with Crippen LogP contribution in [0.4, 0.5) is 0 Å². The van der Waals surface area contributed by atoms with Crippen molar-refractivity contribution in [3.05, 3.63) is 0 Å². The minimum Gasteiger partial charge on any atom is -0.301 e. The first-order valence-electron chi connectivity index (χ1n) is 5.48. The van der Waals surface area contributed by atoms with Crippen molar-refractivity contribution in [3.63, 3.8) is 0 Å². The van der Waals surface area contributed by atoms with Crippen LogP contribution < -0.4 is 0 Å². The maximum absolute atomic E-state index is 2.64. The third-order valence-corrected chi connectivity index (χ3v) is 3.11. The molecule has 1 atom stereocenters. The van der Waals surface area contributed by atoms with Crippen molar-refractivity contribution in [2.75, 3.05) is 13.1 Å². The van der Waals surface area contributed by atoms with Crippen LogP contribution in [0.2, 0.25) is 0 Å². The van der Waals surface area contributed by atoms with Crippen molar-refractivity contribution in [2.24, 2.45) is 5.92 Å². The highest BCUT2D eigenvalue weighted by atomic mass is 15.1. The molecular formula is C11H23N. The predicted molar refractivity (Wildman–Crippen MR) is 54.3 cm³/mol. The zero-order valence-electron chi connectivity index (χ0n) is 8.84. The van der Waals surface area contributed by atoms with Gasteiger partial charge in [-0.1, -0.05) is 19.8 Å². The van der Waals surface area contributed by atoms with Crippen LogP contribution in [0.15, 0.2) is 0 Å². The first-order valence-corrected chi connectivity index (χ1v) is 5.48. The van der Waals surface area contributed by atoms with E-state index in [0.29, 0.717) is 0 Å². The molecule has 1 fully saturated rings. The molecule has 0 aromatic rings. The summed E-state index contributed by atoms with van der Waals surface area (Å²) < 4.78 is 0. The second-order valence-electron chi connectivity index (χ2n) is 4.36. The van der Waals surface area contributed by atoms with Gasteiger partial charge in [-0.15, -0.1) is 0 Å². The largest absolute Gasteiger partial charge is 0.301 e. The summed E-state index contributed by atoms with van der Waals surface area (Å²) in [4.78, 5) is 2.64. The van der Waals surface area contributed by atoms with E-state index in [1.165, 1.54) is 38.8 Å². The van der Waals surface area contributed by atoms with Gasteiger partial charge in [-0.2, -0.15) is 0 Å². The van der Waals surface area contributed by atoms with Gasteiger partial charge in [0, 0.05) is 12.6 Å². The minimum atomic E-state index is 0.747. The van der Waals surface area contributed by atoms with E-state index in [1.807, 2.05) is 0 Å².